The van der Waals surface area contributed by atoms with Crippen molar-refractivity contribution in [2.45, 2.75) is 0 Å². The van der Waals surface area contributed by atoms with Crippen molar-refractivity contribution in [2.75, 3.05) is 18.4 Å². The summed E-state index contributed by atoms with van der Waals surface area (Å²) >= 11 is 0. The molecule has 1 aromatic carbocycles. The monoisotopic (exact) mass is 295 g/mol. The summed E-state index contributed by atoms with van der Waals surface area (Å²) in [5, 5.41) is 13.1. The van der Waals surface area contributed by atoms with E-state index in [1.165, 1.54) is 0 Å². The molecule has 0 atom stereocenters. The molecule has 0 saturated carbocycles. The first-order valence-corrected chi connectivity index (χ1v) is 5.79. The van der Waals surface area contributed by atoms with Gasteiger partial charge in [-0.2, -0.15) is 0 Å². The highest BCUT2D eigenvalue weighted by molar-refractivity contribution is 6.06. The van der Waals surface area contributed by atoms with Crippen LogP contribution < -0.4 is 10.6 Å². The molecule has 4 amide bonds. The Bertz CT molecular complexity index is 630. The van der Waals surface area contributed by atoms with Crippen LogP contribution in [0.1, 0.15) is 10.4 Å². The van der Waals surface area contributed by atoms with E-state index in [0.717, 1.165) is 18.2 Å². The van der Waals surface area contributed by atoms with E-state index in [4.69, 9.17) is 5.11 Å². The third kappa shape index (κ3) is 3.14. The van der Waals surface area contributed by atoms with Gasteiger partial charge in [0.05, 0.1) is 17.8 Å². The Kier molecular flexibility index (Phi) is 3.83. The molecular weight excluding hydrogens is 285 g/mol. The van der Waals surface area contributed by atoms with Crippen LogP contribution in [0.3, 0.4) is 0 Å². The molecule has 1 aromatic rings. The predicted molar refractivity (Wildman–Crippen MR) is 67.1 cm³/mol. The largest absolute Gasteiger partial charge is 0.478 e. The van der Waals surface area contributed by atoms with E-state index in [1.807, 2.05) is 0 Å². The molecule has 0 aromatic heterocycles. The smallest absolute Gasteiger partial charge is 0.335 e. The summed E-state index contributed by atoms with van der Waals surface area (Å²) < 4.78 is 13.5. The highest BCUT2D eigenvalue weighted by Crippen LogP contribution is 2.16. The van der Waals surface area contributed by atoms with Gasteiger partial charge in [0.2, 0.25) is 5.91 Å². The van der Waals surface area contributed by atoms with E-state index < -0.39 is 36.2 Å². The molecule has 0 aliphatic carbocycles. The summed E-state index contributed by atoms with van der Waals surface area (Å²) in [6.07, 6.45) is 0. The van der Waals surface area contributed by atoms with Crippen LogP contribution in [-0.2, 0) is 9.59 Å². The second-order valence-corrected chi connectivity index (χ2v) is 4.19. The lowest BCUT2D eigenvalue weighted by Crippen LogP contribution is -2.38. The van der Waals surface area contributed by atoms with Crippen LogP contribution in [0, 0.1) is 5.82 Å². The van der Waals surface area contributed by atoms with Gasteiger partial charge in [-0.25, -0.2) is 14.0 Å². The maximum atomic E-state index is 13.5. The molecule has 0 radical (unpaired) electrons. The number of carbonyl (C=O) groups is 4. The number of benzene rings is 1. The van der Waals surface area contributed by atoms with E-state index in [2.05, 4.69) is 10.6 Å². The first kappa shape index (κ1) is 14.4. The molecule has 2 rings (SSSR count). The second-order valence-electron chi connectivity index (χ2n) is 4.19. The van der Waals surface area contributed by atoms with Gasteiger partial charge >= 0.3 is 12.0 Å². The Morgan fingerprint density at radius 2 is 2.10 bits per heavy atom. The molecule has 0 unspecified atom stereocenters. The van der Waals surface area contributed by atoms with Gasteiger partial charge in [-0.3, -0.25) is 14.5 Å². The van der Waals surface area contributed by atoms with E-state index in [1.54, 1.807) is 0 Å². The van der Waals surface area contributed by atoms with Gasteiger partial charge in [0, 0.05) is 0 Å². The first-order valence-electron chi connectivity index (χ1n) is 5.79. The lowest BCUT2D eigenvalue weighted by molar-refractivity contribution is -0.128. The Hall–Kier alpha value is -2.97. The Balaban J connectivity index is 2.09. The minimum atomic E-state index is -1.28. The number of imide groups is 1. The van der Waals surface area contributed by atoms with E-state index in [-0.39, 0.29) is 17.8 Å². The second kappa shape index (κ2) is 5.57. The molecule has 110 valence electrons. The van der Waals surface area contributed by atoms with E-state index >= 15 is 0 Å². The third-order valence-corrected chi connectivity index (χ3v) is 2.73. The maximum Gasteiger partial charge on any atom is 0.335 e. The summed E-state index contributed by atoms with van der Waals surface area (Å²) in [4.78, 5) is 45.7. The fraction of sp³-hybridized carbons (Fsp3) is 0.167. The molecule has 1 aliphatic rings. The molecule has 1 saturated heterocycles. The molecule has 8 nitrogen and oxygen atoms in total. The quantitative estimate of drug-likeness (QED) is 0.677. The van der Waals surface area contributed by atoms with Crippen LogP contribution in [0.25, 0.3) is 0 Å². The minimum Gasteiger partial charge on any atom is -0.478 e. The van der Waals surface area contributed by atoms with Crippen molar-refractivity contribution in [3.05, 3.63) is 29.6 Å². The molecule has 3 N–H and O–H groups in total. The van der Waals surface area contributed by atoms with Crippen LogP contribution in [0.15, 0.2) is 18.2 Å². The SMILES string of the molecule is O=C(CN1C(=O)CNC1=O)Nc1cc(C(=O)O)ccc1F. The van der Waals surface area contributed by atoms with E-state index in [9.17, 15) is 23.6 Å². The average Bonchev–Trinajstić information content (AvgIpc) is 2.73. The summed E-state index contributed by atoms with van der Waals surface area (Å²) in [6, 6.07) is 2.17. The highest BCUT2D eigenvalue weighted by atomic mass is 19.1. The zero-order chi connectivity index (χ0) is 15.6. The topological polar surface area (TPSA) is 116 Å². The Morgan fingerprint density at radius 1 is 1.38 bits per heavy atom. The van der Waals surface area contributed by atoms with Gasteiger partial charge < -0.3 is 15.7 Å². The molecule has 1 fully saturated rings. The number of aromatic carboxylic acids is 1. The number of nitrogens with zero attached hydrogens (tertiary/aromatic N) is 1. The fourth-order valence-electron chi connectivity index (χ4n) is 1.70. The number of anilines is 1. The van der Waals surface area contributed by atoms with Crippen LogP contribution in [0.4, 0.5) is 14.9 Å². The maximum absolute atomic E-state index is 13.5. The zero-order valence-corrected chi connectivity index (χ0v) is 10.6. The Morgan fingerprint density at radius 3 is 2.67 bits per heavy atom. The van der Waals surface area contributed by atoms with Crippen molar-refractivity contribution >= 4 is 29.5 Å². The number of amides is 4. The number of nitrogens with one attached hydrogen (secondary N) is 2. The van der Waals surface area contributed by atoms with Gasteiger partial charge in [-0.1, -0.05) is 0 Å². The lowest BCUT2D eigenvalue weighted by atomic mass is 10.2. The number of urea groups is 1. The summed E-state index contributed by atoms with van der Waals surface area (Å²) in [5.41, 5.74) is -0.548. The van der Waals surface area contributed by atoms with Gasteiger partial charge in [0.1, 0.15) is 12.4 Å². The standard InChI is InChI=1S/C12H10FN3O5/c13-7-2-1-6(11(19)20)3-8(7)15-9(17)5-16-10(18)4-14-12(16)21/h1-3H,4-5H2,(H,14,21)(H,15,17)(H,19,20). The number of hydrogen-bond donors (Lipinski definition) is 3. The number of hydrogen-bond acceptors (Lipinski definition) is 4. The molecule has 1 heterocycles. The Labute approximate surface area is 117 Å². The summed E-state index contributed by atoms with van der Waals surface area (Å²) in [5.74, 6) is -3.50. The lowest BCUT2D eigenvalue weighted by Gasteiger charge is -2.12. The molecule has 21 heavy (non-hydrogen) atoms. The molecule has 0 spiro atoms. The van der Waals surface area contributed by atoms with Crippen LogP contribution in [0.5, 0.6) is 0 Å². The van der Waals surface area contributed by atoms with E-state index in [0.29, 0.717) is 4.90 Å². The minimum absolute atomic E-state index is 0.199. The fourth-order valence-corrected chi connectivity index (χ4v) is 1.70. The van der Waals surface area contributed by atoms with Gasteiger partial charge in [-0.05, 0) is 18.2 Å². The normalized spacial score (nSPS) is 14.0. The number of carboxylic acid groups (broad SMARTS) is 1. The van der Waals surface area contributed by atoms with Crippen LogP contribution >= 0.6 is 0 Å². The molecule has 9 heteroatoms. The summed E-state index contributed by atoms with van der Waals surface area (Å²) in [6.45, 7) is -0.781. The number of halogens is 1. The van der Waals surface area contributed by atoms with Crippen molar-refractivity contribution in [3.63, 3.8) is 0 Å². The van der Waals surface area contributed by atoms with Gasteiger partial charge in [-0.15, -0.1) is 0 Å². The van der Waals surface area contributed by atoms with Gasteiger partial charge in [0.25, 0.3) is 5.91 Å². The van der Waals surface area contributed by atoms with Crippen molar-refractivity contribution in [1.82, 2.24) is 10.2 Å². The third-order valence-electron chi connectivity index (χ3n) is 2.73. The van der Waals surface area contributed by atoms with Crippen LogP contribution in [-0.4, -0.2) is 46.9 Å². The predicted octanol–water partition coefficient (Wildman–Crippen LogP) is 0.0142. The van der Waals surface area contributed by atoms with Crippen molar-refractivity contribution in [3.8, 4) is 0 Å². The van der Waals surface area contributed by atoms with Crippen molar-refractivity contribution < 1.29 is 28.7 Å². The molecule has 1 aliphatic heterocycles. The van der Waals surface area contributed by atoms with Crippen LogP contribution in [0.2, 0.25) is 0 Å². The zero-order valence-electron chi connectivity index (χ0n) is 10.6. The molecule has 0 bridgehead atoms. The highest BCUT2D eigenvalue weighted by Gasteiger charge is 2.30. The van der Waals surface area contributed by atoms with Gasteiger partial charge in [0.15, 0.2) is 0 Å². The first-order chi connectivity index (χ1) is 9.88. The van der Waals surface area contributed by atoms with Crippen molar-refractivity contribution in [1.29, 1.82) is 0 Å². The number of carboxylic acids is 1. The van der Waals surface area contributed by atoms with Crippen molar-refractivity contribution in [2.24, 2.45) is 0 Å². The average molecular weight is 295 g/mol. The molecular formula is C12H10FN3O5. The number of rotatable bonds is 4. The summed E-state index contributed by atoms with van der Waals surface area (Å²) in [7, 11) is 0. The number of carbonyl (C=O) groups excluding carboxylic acids is 3.